The van der Waals surface area contributed by atoms with Crippen LogP contribution in [0.25, 0.3) is 0 Å². The summed E-state index contributed by atoms with van der Waals surface area (Å²) in [6.45, 7) is 2.26. The highest BCUT2D eigenvalue weighted by atomic mass is 19.1. The first-order valence-electron chi connectivity index (χ1n) is 6.20. The molecule has 4 N–H and O–H groups in total. The fraction of sp³-hybridized carbons (Fsp3) is 0.133. The van der Waals surface area contributed by atoms with Crippen molar-refractivity contribution < 1.29 is 9.18 Å². The Kier molecular flexibility index (Phi) is 4.20. The van der Waals surface area contributed by atoms with E-state index in [4.69, 9.17) is 5.73 Å². The molecular weight excluding hydrogens is 257 g/mol. The summed E-state index contributed by atoms with van der Waals surface area (Å²) in [5.74, 6) is -0.203. The van der Waals surface area contributed by atoms with Gasteiger partial charge in [0.1, 0.15) is 5.82 Å². The molecule has 4 nitrogen and oxygen atoms in total. The lowest BCUT2D eigenvalue weighted by Crippen LogP contribution is -2.19. The van der Waals surface area contributed by atoms with Gasteiger partial charge in [0.2, 0.25) is 0 Å². The third kappa shape index (κ3) is 3.71. The minimum atomic E-state index is -0.596. The molecule has 104 valence electrons. The molecule has 2 amide bonds. The van der Waals surface area contributed by atoms with Gasteiger partial charge in [-0.3, -0.25) is 0 Å². The molecule has 0 saturated carbocycles. The van der Waals surface area contributed by atoms with Gasteiger partial charge in [0.15, 0.2) is 0 Å². The summed E-state index contributed by atoms with van der Waals surface area (Å²) in [5, 5.41) is 5.66. The van der Waals surface area contributed by atoms with Crippen LogP contribution in [0.2, 0.25) is 0 Å². The molecule has 20 heavy (non-hydrogen) atoms. The van der Waals surface area contributed by atoms with Crippen LogP contribution < -0.4 is 16.4 Å². The van der Waals surface area contributed by atoms with Crippen LogP contribution in [0.1, 0.15) is 11.1 Å². The molecule has 0 spiro atoms. The highest BCUT2D eigenvalue weighted by molar-refractivity contribution is 5.87. The molecule has 0 aliphatic carbocycles. The molecule has 0 atom stereocenters. The van der Waals surface area contributed by atoms with E-state index in [-0.39, 0.29) is 5.82 Å². The Labute approximate surface area is 116 Å². The predicted octanol–water partition coefficient (Wildman–Crippen LogP) is 3.24. The predicted molar refractivity (Wildman–Crippen MR) is 78.1 cm³/mol. The number of urea groups is 1. The summed E-state index contributed by atoms with van der Waals surface area (Å²) in [6, 6.07) is 11.7. The normalized spacial score (nSPS) is 10.1. The summed E-state index contributed by atoms with van der Waals surface area (Å²) >= 11 is 0. The topological polar surface area (TPSA) is 67.2 Å². The molecule has 0 heterocycles. The quantitative estimate of drug-likeness (QED) is 0.800. The average molecular weight is 273 g/mol. The van der Waals surface area contributed by atoms with Crippen molar-refractivity contribution >= 4 is 17.4 Å². The van der Waals surface area contributed by atoms with Crippen molar-refractivity contribution in [2.45, 2.75) is 13.5 Å². The minimum absolute atomic E-state index is 0.203. The van der Waals surface area contributed by atoms with Crippen LogP contribution in [-0.2, 0) is 6.54 Å². The van der Waals surface area contributed by atoms with Crippen LogP contribution in [0.4, 0.5) is 20.6 Å². The molecule has 0 aliphatic rings. The molecule has 2 rings (SSSR count). The summed E-state index contributed by atoms with van der Waals surface area (Å²) in [6.07, 6.45) is 0. The van der Waals surface area contributed by atoms with Gasteiger partial charge in [-0.05, 0) is 48.4 Å². The third-order valence-corrected chi connectivity index (χ3v) is 2.89. The maximum absolute atomic E-state index is 13.4. The Bertz CT molecular complexity index is 611. The first-order chi connectivity index (χ1) is 9.54. The highest BCUT2D eigenvalue weighted by Crippen LogP contribution is 2.15. The van der Waals surface area contributed by atoms with Crippen LogP contribution in [-0.4, -0.2) is 6.03 Å². The molecule has 2 aromatic carbocycles. The van der Waals surface area contributed by atoms with Gasteiger partial charge in [-0.1, -0.05) is 12.1 Å². The van der Waals surface area contributed by atoms with Gasteiger partial charge in [-0.15, -0.1) is 0 Å². The fourth-order valence-corrected chi connectivity index (χ4v) is 1.76. The van der Waals surface area contributed by atoms with Gasteiger partial charge in [0.05, 0.1) is 0 Å². The largest absolute Gasteiger partial charge is 0.381 e. The van der Waals surface area contributed by atoms with Crippen LogP contribution in [0.5, 0.6) is 0 Å². The summed E-state index contributed by atoms with van der Waals surface area (Å²) in [4.78, 5) is 10.7. The van der Waals surface area contributed by atoms with E-state index in [1.54, 1.807) is 25.1 Å². The number of nitrogens with one attached hydrogen (secondary N) is 2. The number of hydrogen-bond acceptors (Lipinski definition) is 2. The molecule has 2 aromatic rings. The van der Waals surface area contributed by atoms with E-state index >= 15 is 0 Å². The Morgan fingerprint density at radius 1 is 1.15 bits per heavy atom. The lowest BCUT2D eigenvalue weighted by molar-refractivity contribution is 0.259. The molecule has 0 aromatic heterocycles. The fourth-order valence-electron chi connectivity index (χ4n) is 1.76. The van der Waals surface area contributed by atoms with E-state index in [0.717, 1.165) is 11.3 Å². The van der Waals surface area contributed by atoms with Gasteiger partial charge in [-0.25, -0.2) is 9.18 Å². The molecule has 0 radical (unpaired) electrons. The van der Waals surface area contributed by atoms with E-state index < -0.39 is 6.03 Å². The second-order valence-corrected chi connectivity index (χ2v) is 4.50. The van der Waals surface area contributed by atoms with Gasteiger partial charge >= 0.3 is 6.03 Å². The first kappa shape index (κ1) is 13.9. The van der Waals surface area contributed by atoms with Crippen LogP contribution in [0.3, 0.4) is 0 Å². The van der Waals surface area contributed by atoms with Gasteiger partial charge < -0.3 is 16.4 Å². The van der Waals surface area contributed by atoms with Crippen molar-refractivity contribution in [1.82, 2.24) is 0 Å². The number of hydrogen-bond donors (Lipinski definition) is 3. The Morgan fingerprint density at radius 3 is 2.40 bits per heavy atom. The zero-order chi connectivity index (χ0) is 14.5. The average Bonchev–Trinajstić information content (AvgIpc) is 2.41. The number of benzene rings is 2. The number of aryl methyl sites for hydroxylation is 1. The van der Waals surface area contributed by atoms with E-state index in [1.807, 2.05) is 18.2 Å². The number of halogens is 1. The van der Waals surface area contributed by atoms with Gasteiger partial charge in [0.25, 0.3) is 0 Å². The second kappa shape index (κ2) is 6.06. The minimum Gasteiger partial charge on any atom is -0.381 e. The molecule has 0 unspecified atom stereocenters. The van der Waals surface area contributed by atoms with Crippen molar-refractivity contribution in [2.75, 3.05) is 10.6 Å². The highest BCUT2D eigenvalue weighted by Gasteiger charge is 2.00. The Balaban J connectivity index is 1.96. The summed E-state index contributed by atoms with van der Waals surface area (Å²) < 4.78 is 13.4. The number of nitrogens with two attached hydrogens (primary N) is 1. The van der Waals surface area contributed by atoms with E-state index in [9.17, 15) is 9.18 Å². The lowest BCUT2D eigenvalue weighted by atomic mass is 10.1. The zero-order valence-electron chi connectivity index (χ0n) is 11.1. The Morgan fingerprint density at radius 2 is 1.80 bits per heavy atom. The number of carbonyl (C=O) groups excluding carboxylic acids is 1. The van der Waals surface area contributed by atoms with Crippen molar-refractivity contribution in [3.63, 3.8) is 0 Å². The third-order valence-electron chi connectivity index (χ3n) is 2.89. The summed E-state index contributed by atoms with van der Waals surface area (Å²) in [5.41, 5.74) is 8.03. The van der Waals surface area contributed by atoms with Gasteiger partial charge in [-0.2, -0.15) is 0 Å². The van der Waals surface area contributed by atoms with Crippen molar-refractivity contribution in [3.05, 3.63) is 59.4 Å². The number of carbonyl (C=O) groups is 1. The second-order valence-electron chi connectivity index (χ2n) is 4.50. The van der Waals surface area contributed by atoms with E-state index in [0.29, 0.717) is 17.8 Å². The number of amides is 2. The standard InChI is InChI=1S/C15H16FN3O/c1-10-2-3-11(8-14(10)16)9-18-12-4-6-13(7-5-12)19-15(17)20/h2-8,18H,9H2,1H3,(H3,17,19,20). The van der Waals surface area contributed by atoms with Crippen molar-refractivity contribution in [3.8, 4) is 0 Å². The molecule has 5 heteroatoms. The smallest absolute Gasteiger partial charge is 0.316 e. The lowest BCUT2D eigenvalue weighted by Gasteiger charge is -2.08. The monoisotopic (exact) mass is 273 g/mol. The van der Waals surface area contributed by atoms with E-state index in [1.165, 1.54) is 6.07 Å². The van der Waals surface area contributed by atoms with Crippen LogP contribution in [0, 0.1) is 12.7 Å². The first-order valence-corrected chi connectivity index (χ1v) is 6.20. The van der Waals surface area contributed by atoms with Crippen molar-refractivity contribution in [1.29, 1.82) is 0 Å². The molecule has 0 saturated heterocycles. The maximum atomic E-state index is 13.4. The van der Waals surface area contributed by atoms with Crippen LogP contribution >= 0.6 is 0 Å². The molecular formula is C15H16FN3O. The summed E-state index contributed by atoms with van der Waals surface area (Å²) in [7, 11) is 0. The van der Waals surface area contributed by atoms with Crippen LogP contribution in [0.15, 0.2) is 42.5 Å². The SMILES string of the molecule is Cc1ccc(CNc2ccc(NC(N)=O)cc2)cc1F. The molecule has 0 bridgehead atoms. The maximum Gasteiger partial charge on any atom is 0.316 e. The van der Waals surface area contributed by atoms with Gasteiger partial charge in [0, 0.05) is 17.9 Å². The van der Waals surface area contributed by atoms with E-state index in [2.05, 4.69) is 10.6 Å². The molecule has 0 fully saturated rings. The zero-order valence-corrected chi connectivity index (χ0v) is 11.1. The number of primary amides is 1. The Hall–Kier alpha value is -2.56. The molecule has 0 aliphatic heterocycles. The number of rotatable bonds is 4. The number of anilines is 2. The van der Waals surface area contributed by atoms with Crippen molar-refractivity contribution in [2.24, 2.45) is 5.73 Å².